The van der Waals surface area contributed by atoms with Crippen molar-refractivity contribution in [2.75, 3.05) is 0 Å². The molecule has 4 aromatic heterocycles. The van der Waals surface area contributed by atoms with Gasteiger partial charge in [-0.15, -0.1) is 11.3 Å². The first-order chi connectivity index (χ1) is 21.8. The Balaban J connectivity index is 1.46. The molecule has 0 radical (unpaired) electrons. The summed E-state index contributed by atoms with van der Waals surface area (Å²) in [6.07, 6.45) is 1.90. The highest BCUT2D eigenvalue weighted by atomic mass is 32.1. The van der Waals surface area contributed by atoms with Gasteiger partial charge in [-0.1, -0.05) is 103 Å². The summed E-state index contributed by atoms with van der Waals surface area (Å²) in [5.41, 5.74) is 6.16. The molecule has 0 bridgehead atoms. The smallest absolute Gasteiger partial charge is 0.235 e. The van der Waals surface area contributed by atoms with Crippen LogP contribution in [0, 0.1) is 0 Å². The number of rotatable bonds is 2. The molecule has 204 valence electrons. The average Bonchev–Trinajstić information content (AvgIpc) is 3.65. The zero-order valence-corrected chi connectivity index (χ0v) is 24.2. The van der Waals surface area contributed by atoms with Crippen LogP contribution in [0.1, 0.15) is 0 Å². The van der Waals surface area contributed by atoms with Gasteiger partial charge in [-0.25, -0.2) is 9.97 Å². The number of hydrogen-bond acceptors (Lipinski definition) is 4. The summed E-state index contributed by atoms with van der Waals surface area (Å²) in [5, 5.41) is 9.32. The standard InChI is InChI=1S/C39H22N4S/c1-2-12-24(13-3-1)35-33-25-14-5-4-11-23(25)20-21-29(33)41-39(42-35)43-30-18-8-6-15-26(30)32-28-17-10-22-40-36(28)38-34(37(32)43)27-16-7-9-19-31(27)44-38/h1-22H. The SMILES string of the molecule is c1ccc(-c2nc(-n3c4ccccc4c4c5cccnc5c5sc6ccccc6c5c43)nc3ccc4ccccc4c23)cc1. The van der Waals surface area contributed by atoms with E-state index in [1.54, 1.807) is 0 Å². The molecule has 10 rings (SSSR count). The largest absolute Gasteiger partial charge is 0.277 e. The topological polar surface area (TPSA) is 43.6 Å². The van der Waals surface area contributed by atoms with E-state index in [1.165, 1.54) is 36.3 Å². The van der Waals surface area contributed by atoms with Gasteiger partial charge in [0.25, 0.3) is 0 Å². The first-order valence-corrected chi connectivity index (χ1v) is 15.5. The molecule has 0 atom stereocenters. The summed E-state index contributed by atoms with van der Waals surface area (Å²) in [7, 11) is 0. The van der Waals surface area contributed by atoms with Crippen molar-refractivity contribution in [3.8, 4) is 17.2 Å². The Kier molecular flexibility index (Phi) is 4.84. The number of aromatic nitrogens is 4. The Morgan fingerprint density at radius 1 is 0.545 bits per heavy atom. The highest BCUT2D eigenvalue weighted by Gasteiger charge is 2.24. The van der Waals surface area contributed by atoms with Gasteiger partial charge in [0.1, 0.15) is 0 Å². The van der Waals surface area contributed by atoms with Crippen LogP contribution in [0.3, 0.4) is 0 Å². The Morgan fingerprint density at radius 3 is 2.20 bits per heavy atom. The van der Waals surface area contributed by atoms with Crippen LogP contribution in [-0.2, 0) is 0 Å². The molecule has 0 amide bonds. The van der Waals surface area contributed by atoms with Crippen LogP contribution in [0.25, 0.3) is 91.8 Å². The highest BCUT2D eigenvalue weighted by molar-refractivity contribution is 7.26. The minimum atomic E-state index is 0.664. The zero-order valence-electron chi connectivity index (χ0n) is 23.4. The van der Waals surface area contributed by atoms with Crippen LogP contribution in [0.2, 0.25) is 0 Å². The van der Waals surface area contributed by atoms with Crippen molar-refractivity contribution in [2.24, 2.45) is 0 Å². The number of nitrogens with zero attached hydrogens (tertiary/aromatic N) is 4. The van der Waals surface area contributed by atoms with Gasteiger partial charge < -0.3 is 0 Å². The Morgan fingerprint density at radius 2 is 1.30 bits per heavy atom. The van der Waals surface area contributed by atoms with E-state index in [0.29, 0.717) is 5.95 Å². The van der Waals surface area contributed by atoms with Crippen molar-refractivity contribution in [3.05, 3.63) is 134 Å². The van der Waals surface area contributed by atoms with Crippen molar-refractivity contribution in [1.82, 2.24) is 19.5 Å². The van der Waals surface area contributed by atoms with Crippen molar-refractivity contribution < 1.29 is 0 Å². The minimum absolute atomic E-state index is 0.664. The maximum absolute atomic E-state index is 5.45. The lowest BCUT2D eigenvalue weighted by molar-refractivity contribution is 1.02. The number of thiophene rings is 1. The van der Waals surface area contributed by atoms with Gasteiger partial charge in [-0.2, -0.15) is 0 Å². The fourth-order valence-corrected chi connectivity index (χ4v) is 8.20. The summed E-state index contributed by atoms with van der Waals surface area (Å²) in [6.45, 7) is 0. The second kappa shape index (κ2) is 8.93. The first kappa shape index (κ1) is 23.9. The third kappa shape index (κ3) is 3.19. The lowest BCUT2D eigenvalue weighted by Crippen LogP contribution is -2.04. The van der Waals surface area contributed by atoms with Crippen molar-refractivity contribution in [2.45, 2.75) is 0 Å². The predicted octanol–water partition coefficient (Wildman–Crippen LogP) is 10.5. The molecule has 0 N–H and O–H groups in total. The quantitative estimate of drug-likeness (QED) is 0.192. The van der Waals surface area contributed by atoms with E-state index >= 15 is 0 Å². The molecule has 0 saturated carbocycles. The normalized spacial score (nSPS) is 12.1. The second-order valence-corrected chi connectivity index (χ2v) is 12.2. The molecule has 4 nitrogen and oxygen atoms in total. The summed E-state index contributed by atoms with van der Waals surface area (Å²) in [5.74, 6) is 0.664. The maximum Gasteiger partial charge on any atom is 0.235 e. The minimum Gasteiger partial charge on any atom is -0.277 e. The molecule has 0 fully saturated rings. The lowest BCUT2D eigenvalue weighted by atomic mass is 10.0. The van der Waals surface area contributed by atoms with Crippen LogP contribution in [0.15, 0.2) is 134 Å². The van der Waals surface area contributed by atoms with Crippen molar-refractivity contribution in [1.29, 1.82) is 0 Å². The number of hydrogen-bond donors (Lipinski definition) is 0. The van der Waals surface area contributed by atoms with Crippen molar-refractivity contribution in [3.63, 3.8) is 0 Å². The first-order valence-electron chi connectivity index (χ1n) is 14.7. The van der Waals surface area contributed by atoms with Crippen LogP contribution in [0.4, 0.5) is 0 Å². The van der Waals surface area contributed by atoms with Gasteiger partial charge in [0.15, 0.2) is 0 Å². The van der Waals surface area contributed by atoms with Crippen LogP contribution in [-0.4, -0.2) is 19.5 Å². The van der Waals surface area contributed by atoms with E-state index in [2.05, 4.69) is 126 Å². The predicted molar refractivity (Wildman–Crippen MR) is 185 cm³/mol. The molecule has 0 unspecified atom stereocenters. The van der Waals surface area contributed by atoms with Gasteiger partial charge in [0.2, 0.25) is 5.95 Å². The lowest BCUT2D eigenvalue weighted by Gasteiger charge is -2.14. The average molecular weight is 579 g/mol. The molecule has 0 saturated heterocycles. The van der Waals surface area contributed by atoms with Gasteiger partial charge in [0, 0.05) is 48.8 Å². The molecule has 4 heterocycles. The van der Waals surface area contributed by atoms with Gasteiger partial charge in [-0.05, 0) is 35.0 Å². The maximum atomic E-state index is 5.45. The van der Waals surface area contributed by atoms with E-state index in [0.717, 1.165) is 49.5 Å². The van der Waals surface area contributed by atoms with E-state index < -0.39 is 0 Å². The molecule has 44 heavy (non-hydrogen) atoms. The van der Waals surface area contributed by atoms with Crippen LogP contribution >= 0.6 is 11.3 Å². The summed E-state index contributed by atoms with van der Waals surface area (Å²) in [6, 6.07) is 44.8. The van der Waals surface area contributed by atoms with Gasteiger partial charge >= 0.3 is 0 Å². The summed E-state index contributed by atoms with van der Waals surface area (Å²) in [4.78, 5) is 15.7. The molecule has 10 aromatic rings. The number of fused-ring (bicyclic) bond motifs is 13. The molecule has 6 aromatic carbocycles. The molecular weight excluding hydrogens is 557 g/mol. The second-order valence-electron chi connectivity index (χ2n) is 11.2. The van der Waals surface area contributed by atoms with E-state index in [-0.39, 0.29) is 0 Å². The molecule has 0 aliphatic carbocycles. The molecule has 0 spiro atoms. The van der Waals surface area contributed by atoms with Crippen molar-refractivity contribution >= 4 is 85.9 Å². The zero-order chi connectivity index (χ0) is 28.8. The van der Waals surface area contributed by atoms with Gasteiger partial charge in [-0.3, -0.25) is 9.55 Å². The molecule has 0 aliphatic heterocycles. The molecule has 5 heteroatoms. The summed E-state index contributed by atoms with van der Waals surface area (Å²) >= 11 is 1.81. The third-order valence-corrected chi connectivity index (χ3v) is 10.00. The van der Waals surface area contributed by atoms with E-state index in [1.807, 2.05) is 23.6 Å². The van der Waals surface area contributed by atoms with E-state index in [9.17, 15) is 0 Å². The Bertz CT molecular complexity index is 2780. The highest BCUT2D eigenvalue weighted by Crippen LogP contribution is 2.47. The number of benzene rings is 6. The number of pyridine rings is 1. The van der Waals surface area contributed by atoms with E-state index in [4.69, 9.17) is 15.0 Å². The molecular formula is C39H22N4S. The summed E-state index contributed by atoms with van der Waals surface area (Å²) < 4.78 is 4.72. The fourth-order valence-electron chi connectivity index (χ4n) is 6.99. The van der Waals surface area contributed by atoms with Crippen LogP contribution in [0.5, 0.6) is 0 Å². The molecule has 0 aliphatic rings. The Hall–Kier alpha value is -5.65. The number of para-hydroxylation sites is 1. The third-order valence-electron chi connectivity index (χ3n) is 8.82. The monoisotopic (exact) mass is 578 g/mol. The fraction of sp³-hybridized carbons (Fsp3) is 0. The van der Waals surface area contributed by atoms with Gasteiger partial charge in [0.05, 0.1) is 32.5 Å². The Labute approximate surface area is 255 Å². The van der Waals surface area contributed by atoms with Crippen LogP contribution < -0.4 is 0 Å².